The largest absolute Gasteiger partial charge is 0.373 e. The summed E-state index contributed by atoms with van der Waals surface area (Å²) >= 11 is 6.03. The van der Waals surface area contributed by atoms with Gasteiger partial charge in [0.25, 0.3) is 0 Å². The van der Waals surface area contributed by atoms with Gasteiger partial charge in [0, 0.05) is 17.5 Å². The van der Waals surface area contributed by atoms with Gasteiger partial charge in [-0.25, -0.2) is 0 Å². The van der Waals surface area contributed by atoms with Gasteiger partial charge in [-0.05, 0) is 49.8 Å². The van der Waals surface area contributed by atoms with Crippen LogP contribution in [0.2, 0.25) is 5.02 Å². The molecule has 1 N–H and O–H groups in total. The van der Waals surface area contributed by atoms with Crippen molar-refractivity contribution in [2.75, 3.05) is 13.2 Å². The molecule has 0 bridgehead atoms. The van der Waals surface area contributed by atoms with E-state index < -0.39 is 0 Å². The van der Waals surface area contributed by atoms with Crippen molar-refractivity contribution in [1.82, 2.24) is 5.32 Å². The molecule has 1 saturated heterocycles. The molecule has 0 radical (unpaired) electrons. The second kappa shape index (κ2) is 7.65. The summed E-state index contributed by atoms with van der Waals surface area (Å²) in [5, 5.41) is 3.92. The Balaban J connectivity index is 1.45. The van der Waals surface area contributed by atoms with Crippen LogP contribution in [0, 0.1) is 6.92 Å². The zero-order valence-corrected chi connectivity index (χ0v) is 14.3. The summed E-state index contributed by atoms with van der Waals surface area (Å²) in [7, 11) is 0. The lowest BCUT2D eigenvalue weighted by atomic mass is 9.89. The molecule has 0 spiro atoms. The maximum Gasteiger partial charge on any atom is 0.220 e. The first-order valence-electron chi connectivity index (χ1n) is 8.39. The molecule has 126 valence electrons. The molecular formula is C18H24ClNO3. The fraction of sp³-hybridized carbons (Fsp3) is 0.611. The lowest BCUT2D eigenvalue weighted by molar-refractivity contribution is -0.158. The van der Waals surface area contributed by atoms with E-state index in [0.29, 0.717) is 19.6 Å². The molecule has 4 nitrogen and oxygen atoms in total. The standard InChI is InChI=1S/C18H24ClNO3/c1-12-10-13(2-5-15(12)19)3-7-18(21)20-14-4-6-16-17(11-14)23-9-8-22-16/h2,5,10,14,16-17H,3-4,6-9,11H2,1H3,(H,20,21)/t14-,16-,17-/m1/s1. The second-order valence-corrected chi connectivity index (χ2v) is 6.89. The first-order valence-corrected chi connectivity index (χ1v) is 8.77. The number of rotatable bonds is 4. The SMILES string of the molecule is Cc1cc(CCC(=O)N[C@@H]2CC[C@H]3OCCO[C@@H]3C2)ccc1Cl. The molecule has 0 unspecified atom stereocenters. The molecule has 1 aromatic rings. The van der Waals surface area contributed by atoms with E-state index in [-0.39, 0.29) is 24.2 Å². The van der Waals surface area contributed by atoms with Crippen LogP contribution in [-0.4, -0.2) is 37.4 Å². The third kappa shape index (κ3) is 4.46. The van der Waals surface area contributed by atoms with E-state index in [0.717, 1.165) is 41.8 Å². The van der Waals surface area contributed by atoms with Gasteiger partial charge < -0.3 is 14.8 Å². The highest BCUT2D eigenvalue weighted by atomic mass is 35.5. The summed E-state index contributed by atoms with van der Waals surface area (Å²) in [6.45, 7) is 3.34. The minimum atomic E-state index is 0.109. The molecule has 5 heteroatoms. The zero-order valence-electron chi connectivity index (χ0n) is 13.5. The smallest absolute Gasteiger partial charge is 0.220 e. The van der Waals surface area contributed by atoms with Gasteiger partial charge >= 0.3 is 0 Å². The highest BCUT2D eigenvalue weighted by molar-refractivity contribution is 6.31. The highest BCUT2D eigenvalue weighted by Gasteiger charge is 2.34. The predicted octanol–water partition coefficient (Wildman–Crippen LogP) is 3.03. The first kappa shape index (κ1) is 16.7. The van der Waals surface area contributed by atoms with Crippen LogP contribution in [0.15, 0.2) is 18.2 Å². The van der Waals surface area contributed by atoms with E-state index in [1.54, 1.807) is 0 Å². The number of ether oxygens (including phenoxy) is 2. The van der Waals surface area contributed by atoms with Crippen molar-refractivity contribution in [3.8, 4) is 0 Å². The van der Waals surface area contributed by atoms with Crippen LogP contribution in [0.4, 0.5) is 0 Å². The zero-order chi connectivity index (χ0) is 16.2. The number of hydrogen-bond acceptors (Lipinski definition) is 3. The van der Waals surface area contributed by atoms with E-state index in [1.807, 2.05) is 25.1 Å². The van der Waals surface area contributed by atoms with Crippen molar-refractivity contribution in [1.29, 1.82) is 0 Å². The molecule has 23 heavy (non-hydrogen) atoms. The molecule has 1 saturated carbocycles. The second-order valence-electron chi connectivity index (χ2n) is 6.48. The van der Waals surface area contributed by atoms with Crippen molar-refractivity contribution >= 4 is 17.5 Å². The molecule has 2 aliphatic rings. The maximum atomic E-state index is 12.2. The summed E-state index contributed by atoms with van der Waals surface area (Å²) in [4.78, 5) is 12.2. The average molecular weight is 338 g/mol. The quantitative estimate of drug-likeness (QED) is 0.918. The van der Waals surface area contributed by atoms with Crippen LogP contribution in [0.3, 0.4) is 0 Å². The Morgan fingerprint density at radius 1 is 1.26 bits per heavy atom. The van der Waals surface area contributed by atoms with Crippen LogP contribution in [0.25, 0.3) is 0 Å². The molecule has 3 rings (SSSR count). The molecular weight excluding hydrogens is 314 g/mol. The Morgan fingerprint density at radius 3 is 2.83 bits per heavy atom. The summed E-state index contributed by atoms with van der Waals surface area (Å²) in [5.41, 5.74) is 2.20. The van der Waals surface area contributed by atoms with Crippen molar-refractivity contribution in [3.05, 3.63) is 34.3 Å². The molecule has 1 aromatic carbocycles. The molecule has 1 heterocycles. The Bertz CT molecular complexity index is 563. The lowest BCUT2D eigenvalue weighted by Gasteiger charge is -2.39. The van der Waals surface area contributed by atoms with E-state index in [9.17, 15) is 4.79 Å². The molecule has 1 aliphatic carbocycles. The topological polar surface area (TPSA) is 47.6 Å². The number of carbonyl (C=O) groups is 1. The minimum absolute atomic E-state index is 0.109. The van der Waals surface area contributed by atoms with Crippen LogP contribution >= 0.6 is 11.6 Å². The van der Waals surface area contributed by atoms with Gasteiger partial charge in [0.05, 0.1) is 25.4 Å². The van der Waals surface area contributed by atoms with Gasteiger partial charge in [-0.1, -0.05) is 23.7 Å². The number of nitrogens with one attached hydrogen (secondary N) is 1. The predicted molar refractivity (Wildman–Crippen MR) is 89.8 cm³/mol. The Hall–Kier alpha value is -1.10. The van der Waals surface area contributed by atoms with Gasteiger partial charge in [-0.15, -0.1) is 0 Å². The maximum absolute atomic E-state index is 12.2. The lowest BCUT2D eigenvalue weighted by Crippen LogP contribution is -2.49. The van der Waals surface area contributed by atoms with E-state index in [2.05, 4.69) is 5.32 Å². The summed E-state index contributed by atoms with van der Waals surface area (Å²) in [6.07, 6.45) is 4.39. The number of halogens is 1. The first-order chi connectivity index (χ1) is 11.1. The van der Waals surface area contributed by atoms with Gasteiger partial charge in [0.2, 0.25) is 5.91 Å². The van der Waals surface area contributed by atoms with Crippen LogP contribution in [0.1, 0.15) is 36.8 Å². The Morgan fingerprint density at radius 2 is 2.04 bits per heavy atom. The van der Waals surface area contributed by atoms with Gasteiger partial charge in [-0.3, -0.25) is 4.79 Å². The minimum Gasteiger partial charge on any atom is -0.373 e. The molecule has 2 fully saturated rings. The van der Waals surface area contributed by atoms with Crippen molar-refractivity contribution < 1.29 is 14.3 Å². The van der Waals surface area contributed by atoms with Gasteiger partial charge in [0.15, 0.2) is 0 Å². The van der Waals surface area contributed by atoms with Crippen molar-refractivity contribution in [3.63, 3.8) is 0 Å². The van der Waals surface area contributed by atoms with E-state index in [4.69, 9.17) is 21.1 Å². The normalized spacial score (nSPS) is 27.3. The van der Waals surface area contributed by atoms with Crippen LogP contribution in [-0.2, 0) is 20.7 Å². The van der Waals surface area contributed by atoms with Crippen LogP contribution < -0.4 is 5.32 Å². The van der Waals surface area contributed by atoms with Gasteiger partial charge in [0.1, 0.15) is 0 Å². The number of amides is 1. The number of carbonyl (C=O) groups excluding carboxylic acids is 1. The number of benzene rings is 1. The van der Waals surface area contributed by atoms with Crippen molar-refractivity contribution in [2.45, 2.75) is 57.3 Å². The Labute approximate surface area is 142 Å². The average Bonchev–Trinajstić information content (AvgIpc) is 2.56. The number of hydrogen-bond donors (Lipinski definition) is 1. The Kier molecular flexibility index (Phi) is 5.57. The molecule has 1 aliphatic heterocycles. The monoisotopic (exact) mass is 337 g/mol. The highest BCUT2D eigenvalue weighted by Crippen LogP contribution is 2.27. The summed E-state index contributed by atoms with van der Waals surface area (Å²) in [6, 6.07) is 6.14. The fourth-order valence-corrected chi connectivity index (χ4v) is 3.54. The van der Waals surface area contributed by atoms with E-state index >= 15 is 0 Å². The molecule has 0 aromatic heterocycles. The number of aryl methyl sites for hydroxylation is 2. The molecule has 3 atom stereocenters. The van der Waals surface area contributed by atoms with Crippen LogP contribution in [0.5, 0.6) is 0 Å². The summed E-state index contributed by atoms with van der Waals surface area (Å²) < 4.78 is 11.5. The number of fused-ring (bicyclic) bond motifs is 1. The third-order valence-corrected chi connectivity index (χ3v) is 5.13. The third-order valence-electron chi connectivity index (χ3n) is 4.71. The molecule has 1 amide bonds. The van der Waals surface area contributed by atoms with E-state index in [1.165, 1.54) is 0 Å². The van der Waals surface area contributed by atoms with Crippen molar-refractivity contribution in [2.24, 2.45) is 0 Å². The van der Waals surface area contributed by atoms with Gasteiger partial charge in [-0.2, -0.15) is 0 Å². The fourth-order valence-electron chi connectivity index (χ4n) is 3.42. The summed E-state index contributed by atoms with van der Waals surface area (Å²) in [5.74, 6) is 0.109.